The molecule has 0 spiro atoms. The molecule has 44 heavy (non-hydrogen) atoms. The maximum Gasteiger partial charge on any atom is 0.309 e. The SMILES string of the molecule is CCCCC[C@@H]1C=C[C@@H](CCCCC[C@H](C(=O)O)[C@H](O)CC[C@]2(O)C[C@@H](Cc3ccnc(N)c3)[C@H](CCCO)[C@H]2O)[C@H](O)C1. The van der Waals surface area contributed by atoms with Crippen molar-refractivity contribution in [3.05, 3.63) is 36.0 Å². The minimum absolute atomic E-state index is 0.00684. The highest BCUT2D eigenvalue weighted by Gasteiger charge is 2.51. The number of aromatic nitrogens is 1. The quantitative estimate of drug-likeness (QED) is 0.0811. The van der Waals surface area contributed by atoms with Crippen molar-refractivity contribution in [3.8, 4) is 0 Å². The lowest BCUT2D eigenvalue weighted by Gasteiger charge is -2.30. The molecule has 0 aromatic carbocycles. The van der Waals surface area contributed by atoms with Gasteiger partial charge in [0.15, 0.2) is 0 Å². The number of nitrogens with zero attached hydrogens (tertiary/aromatic N) is 1. The Bertz CT molecular complexity index is 1020. The summed E-state index contributed by atoms with van der Waals surface area (Å²) in [6.45, 7) is 2.19. The number of aliphatic carboxylic acids is 1. The number of hydrogen-bond donors (Lipinski definition) is 7. The summed E-state index contributed by atoms with van der Waals surface area (Å²) in [5.41, 5.74) is 5.35. The van der Waals surface area contributed by atoms with Gasteiger partial charge in [-0.25, -0.2) is 4.98 Å². The molecule has 1 aromatic heterocycles. The van der Waals surface area contributed by atoms with Gasteiger partial charge < -0.3 is 36.4 Å². The number of carboxylic acids is 1. The molecule has 0 unspecified atom stereocenters. The number of aliphatic hydroxyl groups is 5. The minimum Gasteiger partial charge on any atom is -0.481 e. The molecule has 0 amide bonds. The molecule has 1 heterocycles. The molecule has 2 aliphatic carbocycles. The van der Waals surface area contributed by atoms with Gasteiger partial charge in [-0.05, 0) is 99.7 Å². The third-order valence-electron chi connectivity index (χ3n) is 10.3. The largest absolute Gasteiger partial charge is 0.481 e. The smallest absolute Gasteiger partial charge is 0.309 e. The van der Waals surface area contributed by atoms with Crippen molar-refractivity contribution in [2.75, 3.05) is 12.3 Å². The van der Waals surface area contributed by atoms with Crippen LogP contribution in [0.1, 0.15) is 109 Å². The number of hydrogen-bond acceptors (Lipinski definition) is 8. The fourth-order valence-corrected chi connectivity index (χ4v) is 7.65. The first-order valence-corrected chi connectivity index (χ1v) is 17.1. The summed E-state index contributed by atoms with van der Waals surface area (Å²) >= 11 is 0. The molecule has 9 atom stereocenters. The second-order valence-electron chi connectivity index (χ2n) is 13.6. The number of carbonyl (C=O) groups is 1. The maximum absolute atomic E-state index is 12.1. The van der Waals surface area contributed by atoms with E-state index in [1.54, 1.807) is 12.3 Å². The predicted molar refractivity (Wildman–Crippen MR) is 172 cm³/mol. The van der Waals surface area contributed by atoms with Crippen molar-refractivity contribution < 1.29 is 35.4 Å². The summed E-state index contributed by atoms with van der Waals surface area (Å²) < 4.78 is 0. The van der Waals surface area contributed by atoms with Crippen LogP contribution in [0.4, 0.5) is 5.82 Å². The van der Waals surface area contributed by atoms with Crippen molar-refractivity contribution in [2.45, 2.75) is 134 Å². The Balaban J connectivity index is 1.47. The van der Waals surface area contributed by atoms with Crippen LogP contribution in [-0.4, -0.2) is 72.1 Å². The van der Waals surface area contributed by atoms with Crippen molar-refractivity contribution in [1.29, 1.82) is 0 Å². The van der Waals surface area contributed by atoms with Crippen LogP contribution < -0.4 is 5.73 Å². The molecule has 250 valence electrons. The second kappa shape index (κ2) is 18.2. The molecule has 0 aliphatic heterocycles. The lowest BCUT2D eigenvalue weighted by molar-refractivity contribution is -0.147. The zero-order valence-corrected chi connectivity index (χ0v) is 26.6. The first kappa shape index (κ1) is 36.4. The number of rotatable bonds is 20. The van der Waals surface area contributed by atoms with Gasteiger partial charge in [0, 0.05) is 18.7 Å². The number of nitrogen functional groups attached to an aromatic ring is 1. The molecule has 1 saturated carbocycles. The van der Waals surface area contributed by atoms with Crippen molar-refractivity contribution in [1.82, 2.24) is 4.98 Å². The third-order valence-corrected chi connectivity index (χ3v) is 10.3. The van der Waals surface area contributed by atoms with E-state index in [2.05, 4.69) is 24.1 Å². The van der Waals surface area contributed by atoms with Gasteiger partial charge in [-0.2, -0.15) is 0 Å². The Hall–Kier alpha value is -2.04. The number of carboxylic acid groups (broad SMARTS) is 1. The Morgan fingerprint density at radius 2 is 1.84 bits per heavy atom. The molecule has 8 N–H and O–H groups in total. The van der Waals surface area contributed by atoms with Crippen LogP contribution in [0, 0.1) is 29.6 Å². The van der Waals surface area contributed by atoms with Crippen molar-refractivity contribution >= 4 is 11.8 Å². The average Bonchev–Trinajstić information content (AvgIpc) is 3.21. The number of aliphatic hydroxyl groups excluding tert-OH is 4. The van der Waals surface area contributed by atoms with Gasteiger partial charge in [-0.15, -0.1) is 0 Å². The predicted octanol–water partition coefficient (Wildman–Crippen LogP) is 4.63. The Morgan fingerprint density at radius 3 is 2.52 bits per heavy atom. The molecule has 0 bridgehead atoms. The molecular weight excluding hydrogens is 560 g/mol. The average molecular weight is 619 g/mol. The highest BCUT2D eigenvalue weighted by Crippen LogP contribution is 2.46. The Kier molecular flexibility index (Phi) is 15.1. The third kappa shape index (κ3) is 10.8. The monoisotopic (exact) mass is 618 g/mol. The van der Waals surface area contributed by atoms with Crippen molar-refractivity contribution in [2.24, 2.45) is 29.6 Å². The van der Waals surface area contributed by atoms with E-state index in [-0.39, 0.29) is 43.3 Å². The molecule has 2 aliphatic rings. The highest BCUT2D eigenvalue weighted by molar-refractivity contribution is 5.70. The van der Waals surface area contributed by atoms with Gasteiger partial charge in [0.1, 0.15) is 5.82 Å². The zero-order chi connectivity index (χ0) is 32.1. The van der Waals surface area contributed by atoms with Gasteiger partial charge in [-0.3, -0.25) is 4.79 Å². The van der Waals surface area contributed by atoms with Crippen LogP contribution >= 0.6 is 0 Å². The van der Waals surface area contributed by atoms with E-state index in [1.807, 2.05) is 6.07 Å². The summed E-state index contributed by atoms with van der Waals surface area (Å²) in [4.78, 5) is 16.1. The fourth-order valence-electron chi connectivity index (χ4n) is 7.65. The van der Waals surface area contributed by atoms with E-state index in [0.29, 0.717) is 50.3 Å². The summed E-state index contributed by atoms with van der Waals surface area (Å²) in [5.74, 6) is -1.27. The van der Waals surface area contributed by atoms with Crippen LogP contribution in [0.5, 0.6) is 0 Å². The van der Waals surface area contributed by atoms with E-state index >= 15 is 0 Å². The topological polar surface area (TPSA) is 177 Å². The highest BCUT2D eigenvalue weighted by atomic mass is 16.4. The van der Waals surface area contributed by atoms with Crippen LogP contribution in [-0.2, 0) is 11.2 Å². The van der Waals surface area contributed by atoms with E-state index in [9.17, 15) is 35.4 Å². The zero-order valence-electron chi connectivity index (χ0n) is 26.6. The van der Waals surface area contributed by atoms with Gasteiger partial charge in [0.2, 0.25) is 0 Å². The number of pyridine rings is 1. The Labute approximate surface area is 263 Å². The number of nitrogens with two attached hydrogens (primary N) is 1. The lowest BCUT2D eigenvalue weighted by atomic mass is 9.81. The molecular formula is C35H58N2O7. The standard InChI is InChI=1S/C35H58N2O7/c1-2-3-5-9-24-13-14-26(31(40)21-24)10-6-4-7-11-29(34(42)43)30(39)15-17-35(44)23-27(28(33(35)41)12-8-19-38)20-25-16-18-37-32(36)22-25/h13-14,16,18,22,24,26-31,33,38-41,44H,2-12,15,17,19-21,23H2,1H3,(H2,36,37)(H,42,43)/t24-,26-,27-,28+,29+,30-,31-,33-,35+/m1/s1. The van der Waals surface area contributed by atoms with Gasteiger partial charge in [-0.1, -0.05) is 57.6 Å². The first-order valence-electron chi connectivity index (χ1n) is 17.1. The Morgan fingerprint density at radius 1 is 1.07 bits per heavy atom. The second-order valence-corrected chi connectivity index (χ2v) is 13.6. The molecule has 1 aromatic rings. The summed E-state index contributed by atoms with van der Waals surface area (Å²) in [6.07, 6.45) is 14.9. The number of allylic oxidation sites excluding steroid dienone is 1. The van der Waals surface area contributed by atoms with Gasteiger partial charge >= 0.3 is 5.97 Å². The molecule has 1 fully saturated rings. The van der Waals surface area contributed by atoms with E-state index in [0.717, 1.165) is 37.7 Å². The minimum atomic E-state index is -1.45. The maximum atomic E-state index is 12.1. The summed E-state index contributed by atoms with van der Waals surface area (Å²) in [7, 11) is 0. The first-order chi connectivity index (χ1) is 21.1. The normalized spacial score (nSPS) is 30.0. The number of anilines is 1. The van der Waals surface area contributed by atoms with Gasteiger partial charge in [0.05, 0.1) is 29.8 Å². The molecule has 9 nitrogen and oxygen atoms in total. The summed E-state index contributed by atoms with van der Waals surface area (Å²) in [5, 5.41) is 63.5. The van der Waals surface area contributed by atoms with E-state index in [1.165, 1.54) is 19.3 Å². The van der Waals surface area contributed by atoms with E-state index in [4.69, 9.17) is 5.73 Å². The molecule has 9 heteroatoms. The molecule has 3 rings (SSSR count). The van der Waals surface area contributed by atoms with E-state index < -0.39 is 29.7 Å². The number of unbranched alkanes of at least 4 members (excludes halogenated alkanes) is 4. The van der Waals surface area contributed by atoms with Crippen LogP contribution in [0.2, 0.25) is 0 Å². The van der Waals surface area contributed by atoms with Crippen molar-refractivity contribution in [3.63, 3.8) is 0 Å². The molecule has 0 saturated heterocycles. The molecule has 0 radical (unpaired) electrons. The van der Waals surface area contributed by atoms with Crippen LogP contribution in [0.25, 0.3) is 0 Å². The van der Waals surface area contributed by atoms with Crippen LogP contribution in [0.3, 0.4) is 0 Å². The van der Waals surface area contributed by atoms with Gasteiger partial charge in [0.25, 0.3) is 0 Å². The lowest BCUT2D eigenvalue weighted by Crippen LogP contribution is -2.41. The summed E-state index contributed by atoms with van der Waals surface area (Å²) in [6, 6.07) is 3.65. The van der Waals surface area contributed by atoms with Crippen LogP contribution in [0.15, 0.2) is 30.5 Å². The fraction of sp³-hybridized carbons (Fsp3) is 0.771.